The summed E-state index contributed by atoms with van der Waals surface area (Å²) in [6.45, 7) is 0. The van der Waals surface area contributed by atoms with Crippen LogP contribution in [0.4, 0.5) is 0 Å². The van der Waals surface area contributed by atoms with E-state index in [2.05, 4.69) is 10.1 Å². The van der Waals surface area contributed by atoms with Crippen molar-refractivity contribution in [1.82, 2.24) is 14.8 Å². The molecule has 2 rings (SSSR count). The van der Waals surface area contributed by atoms with Gasteiger partial charge in [-0.05, 0) is 6.07 Å². The van der Waals surface area contributed by atoms with Gasteiger partial charge in [0.15, 0.2) is 0 Å². The highest BCUT2D eigenvalue weighted by molar-refractivity contribution is 7.13. The van der Waals surface area contributed by atoms with E-state index in [4.69, 9.17) is 11.6 Å². The third-order valence-corrected chi connectivity index (χ3v) is 2.60. The first-order valence-electron chi connectivity index (χ1n) is 3.37. The molecular weight excluding hydrogens is 194 g/mol. The molecule has 0 saturated carbocycles. The molecule has 2 heterocycles. The minimum atomic E-state index is 0.528. The SMILES string of the molecule is Cn1ccc(-c2nc(Cl)cs2)n1. The van der Waals surface area contributed by atoms with Gasteiger partial charge >= 0.3 is 0 Å². The number of halogens is 1. The van der Waals surface area contributed by atoms with Crippen molar-refractivity contribution in [3.8, 4) is 10.7 Å². The van der Waals surface area contributed by atoms with Crippen molar-refractivity contribution in [2.75, 3.05) is 0 Å². The first-order chi connectivity index (χ1) is 5.75. The average Bonchev–Trinajstić information content (AvgIpc) is 2.58. The van der Waals surface area contributed by atoms with Crippen LogP contribution in [-0.4, -0.2) is 14.8 Å². The second kappa shape index (κ2) is 2.88. The second-order valence-corrected chi connectivity index (χ2v) is 3.60. The Morgan fingerprint density at radius 3 is 2.92 bits per heavy atom. The Bertz CT molecular complexity index is 355. The van der Waals surface area contributed by atoms with Gasteiger partial charge in [0.2, 0.25) is 0 Å². The van der Waals surface area contributed by atoms with Gasteiger partial charge in [-0.25, -0.2) is 4.98 Å². The molecule has 0 aliphatic carbocycles. The van der Waals surface area contributed by atoms with Gasteiger partial charge < -0.3 is 0 Å². The quantitative estimate of drug-likeness (QED) is 0.705. The van der Waals surface area contributed by atoms with Gasteiger partial charge in [-0.3, -0.25) is 4.68 Å². The van der Waals surface area contributed by atoms with Crippen molar-refractivity contribution in [2.45, 2.75) is 0 Å². The van der Waals surface area contributed by atoms with Crippen LogP contribution in [0.3, 0.4) is 0 Å². The van der Waals surface area contributed by atoms with E-state index < -0.39 is 0 Å². The molecule has 0 spiro atoms. The number of nitrogens with zero attached hydrogens (tertiary/aromatic N) is 3. The monoisotopic (exact) mass is 199 g/mol. The van der Waals surface area contributed by atoms with Crippen LogP contribution in [0.1, 0.15) is 0 Å². The predicted octanol–water partition coefficient (Wildman–Crippen LogP) is 2.20. The lowest BCUT2D eigenvalue weighted by atomic mass is 10.5. The summed E-state index contributed by atoms with van der Waals surface area (Å²) in [5.41, 5.74) is 0.870. The van der Waals surface area contributed by atoms with Gasteiger partial charge in [0.1, 0.15) is 15.9 Å². The normalized spacial score (nSPS) is 10.5. The molecule has 0 radical (unpaired) electrons. The Labute approximate surface area is 78.6 Å². The van der Waals surface area contributed by atoms with Crippen LogP contribution in [0.5, 0.6) is 0 Å². The van der Waals surface area contributed by atoms with E-state index in [0.29, 0.717) is 5.15 Å². The summed E-state index contributed by atoms with van der Waals surface area (Å²) < 4.78 is 1.74. The molecule has 0 atom stereocenters. The van der Waals surface area contributed by atoms with E-state index in [9.17, 15) is 0 Å². The zero-order valence-corrected chi connectivity index (χ0v) is 7.93. The van der Waals surface area contributed by atoms with Crippen LogP contribution in [0.15, 0.2) is 17.6 Å². The number of hydrogen-bond donors (Lipinski definition) is 0. The Morgan fingerprint density at radius 2 is 2.42 bits per heavy atom. The second-order valence-electron chi connectivity index (χ2n) is 2.35. The molecule has 62 valence electrons. The Kier molecular flexibility index (Phi) is 1.86. The molecule has 0 unspecified atom stereocenters. The largest absolute Gasteiger partial charge is 0.275 e. The average molecular weight is 200 g/mol. The van der Waals surface area contributed by atoms with Gasteiger partial charge in [0.05, 0.1) is 0 Å². The van der Waals surface area contributed by atoms with Gasteiger partial charge in [-0.15, -0.1) is 11.3 Å². The zero-order valence-electron chi connectivity index (χ0n) is 6.36. The lowest BCUT2D eigenvalue weighted by molar-refractivity contribution is 0.770. The predicted molar refractivity (Wildman–Crippen MR) is 49.3 cm³/mol. The van der Waals surface area contributed by atoms with E-state index >= 15 is 0 Å². The molecular formula is C7H6ClN3S. The van der Waals surface area contributed by atoms with Crippen molar-refractivity contribution < 1.29 is 0 Å². The van der Waals surface area contributed by atoms with Gasteiger partial charge in [0, 0.05) is 18.6 Å². The highest BCUT2D eigenvalue weighted by Gasteiger charge is 2.04. The summed E-state index contributed by atoms with van der Waals surface area (Å²) in [6, 6.07) is 1.91. The fraction of sp³-hybridized carbons (Fsp3) is 0.143. The molecule has 2 aromatic rings. The molecule has 5 heteroatoms. The van der Waals surface area contributed by atoms with Crippen LogP contribution >= 0.6 is 22.9 Å². The van der Waals surface area contributed by atoms with Gasteiger partial charge in [-0.1, -0.05) is 11.6 Å². The standard InChI is InChI=1S/C7H6ClN3S/c1-11-3-2-5(10-11)7-9-6(8)4-12-7/h2-4H,1H3. The van der Waals surface area contributed by atoms with E-state index in [-0.39, 0.29) is 0 Å². The maximum atomic E-state index is 5.68. The van der Waals surface area contributed by atoms with Crippen molar-refractivity contribution in [2.24, 2.45) is 7.05 Å². The Morgan fingerprint density at radius 1 is 1.58 bits per heavy atom. The summed E-state index contributed by atoms with van der Waals surface area (Å²) >= 11 is 7.18. The first kappa shape index (κ1) is 7.76. The Hall–Kier alpha value is -0.870. The molecule has 0 bridgehead atoms. The summed E-state index contributed by atoms with van der Waals surface area (Å²) in [4.78, 5) is 4.10. The molecule has 0 fully saturated rings. The van der Waals surface area contributed by atoms with Crippen molar-refractivity contribution in [3.05, 3.63) is 22.8 Å². The van der Waals surface area contributed by atoms with Crippen LogP contribution in [0, 0.1) is 0 Å². The van der Waals surface area contributed by atoms with E-state index in [0.717, 1.165) is 10.7 Å². The number of rotatable bonds is 1. The minimum Gasteiger partial charge on any atom is -0.275 e. The van der Waals surface area contributed by atoms with E-state index in [1.54, 1.807) is 10.1 Å². The number of aryl methyl sites for hydroxylation is 1. The molecule has 0 saturated heterocycles. The first-order valence-corrected chi connectivity index (χ1v) is 4.62. The zero-order chi connectivity index (χ0) is 8.55. The molecule has 0 N–H and O–H groups in total. The topological polar surface area (TPSA) is 30.7 Å². The molecule has 0 aromatic carbocycles. The van der Waals surface area contributed by atoms with Crippen molar-refractivity contribution >= 4 is 22.9 Å². The highest BCUT2D eigenvalue weighted by Crippen LogP contribution is 2.23. The third-order valence-electron chi connectivity index (χ3n) is 1.41. The summed E-state index contributed by atoms with van der Waals surface area (Å²) in [5, 5.41) is 7.39. The van der Waals surface area contributed by atoms with E-state index in [1.807, 2.05) is 19.3 Å². The molecule has 0 aliphatic rings. The number of aromatic nitrogens is 3. The molecule has 2 aromatic heterocycles. The maximum Gasteiger partial charge on any atom is 0.145 e. The molecule has 0 amide bonds. The fourth-order valence-electron chi connectivity index (χ4n) is 0.901. The van der Waals surface area contributed by atoms with Crippen molar-refractivity contribution in [1.29, 1.82) is 0 Å². The van der Waals surface area contributed by atoms with Crippen LogP contribution in [0.25, 0.3) is 10.7 Å². The van der Waals surface area contributed by atoms with Crippen LogP contribution in [0.2, 0.25) is 5.15 Å². The van der Waals surface area contributed by atoms with Gasteiger partial charge in [-0.2, -0.15) is 5.10 Å². The van der Waals surface area contributed by atoms with Crippen molar-refractivity contribution in [3.63, 3.8) is 0 Å². The molecule has 0 aliphatic heterocycles. The fourth-order valence-corrected chi connectivity index (χ4v) is 1.81. The summed E-state index contributed by atoms with van der Waals surface area (Å²) in [6.07, 6.45) is 1.88. The number of thiazole rings is 1. The van der Waals surface area contributed by atoms with Gasteiger partial charge in [0.25, 0.3) is 0 Å². The maximum absolute atomic E-state index is 5.68. The Balaban J connectivity index is 2.43. The smallest absolute Gasteiger partial charge is 0.145 e. The summed E-state index contributed by atoms with van der Waals surface area (Å²) in [5.74, 6) is 0. The lowest BCUT2D eigenvalue weighted by Gasteiger charge is -1.86. The molecule has 3 nitrogen and oxygen atoms in total. The summed E-state index contributed by atoms with van der Waals surface area (Å²) in [7, 11) is 1.87. The number of hydrogen-bond acceptors (Lipinski definition) is 3. The molecule has 12 heavy (non-hydrogen) atoms. The highest BCUT2D eigenvalue weighted by atomic mass is 35.5. The third kappa shape index (κ3) is 1.35. The minimum absolute atomic E-state index is 0.528. The van der Waals surface area contributed by atoms with Crippen LogP contribution < -0.4 is 0 Å². The van der Waals surface area contributed by atoms with E-state index in [1.165, 1.54) is 11.3 Å². The van der Waals surface area contributed by atoms with Crippen LogP contribution in [-0.2, 0) is 7.05 Å². The lowest BCUT2D eigenvalue weighted by Crippen LogP contribution is -1.87.